The molecule has 0 saturated carbocycles. The van der Waals surface area contributed by atoms with Crippen LogP contribution in [0.25, 0.3) is 0 Å². The molecule has 0 aromatic carbocycles. The monoisotopic (exact) mass is 219 g/mol. The highest BCUT2D eigenvalue weighted by Crippen LogP contribution is 2.26. The molecule has 0 amide bonds. The zero-order chi connectivity index (χ0) is 10.0. The molecule has 6 heteroatoms. The van der Waals surface area contributed by atoms with Gasteiger partial charge in [-0.25, -0.2) is 9.00 Å². The lowest BCUT2D eigenvalue weighted by Crippen LogP contribution is -2.04. The minimum absolute atomic E-state index is 0.202. The lowest BCUT2D eigenvalue weighted by molar-refractivity contribution is 0.0703. The van der Waals surface area contributed by atoms with E-state index < -0.39 is 17.0 Å². The maximum Gasteiger partial charge on any atom is 0.348 e. The van der Waals surface area contributed by atoms with Crippen LogP contribution in [0.4, 0.5) is 5.69 Å². The van der Waals surface area contributed by atoms with Crippen LogP contribution in [0.5, 0.6) is 0 Å². The van der Waals surface area contributed by atoms with Gasteiger partial charge in [-0.2, -0.15) is 0 Å². The van der Waals surface area contributed by atoms with E-state index in [1.807, 2.05) is 0 Å². The third-order valence-corrected chi connectivity index (χ3v) is 2.85. The molecule has 0 bridgehead atoms. The number of anilines is 1. The maximum absolute atomic E-state index is 10.8. The number of hydrogen-bond donors (Lipinski definition) is 2. The van der Waals surface area contributed by atoms with Crippen LogP contribution in [0.15, 0.2) is 6.07 Å². The molecule has 1 heterocycles. The first-order chi connectivity index (χ1) is 6.00. The lowest BCUT2D eigenvalue weighted by Gasteiger charge is -1.99. The first-order valence-corrected chi connectivity index (χ1v) is 5.82. The number of aryl methyl sites for hydroxylation is 1. The fourth-order valence-electron chi connectivity index (χ4n) is 0.904. The van der Waals surface area contributed by atoms with Gasteiger partial charge < -0.3 is 9.83 Å². The maximum atomic E-state index is 10.8. The predicted molar refractivity (Wildman–Crippen MR) is 53.7 cm³/mol. The molecule has 1 unspecified atom stereocenters. The average molecular weight is 219 g/mol. The molecule has 1 rings (SSSR count). The van der Waals surface area contributed by atoms with Crippen LogP contribution in [0.3, 0.4) is 0 Å². The van der Waals surface area contributed by atoms with Crippen LogP contribution in [-0.4, -0.2) is 21.5 Å². The average Bonchev–Trinajstić information content (AvgIpc) is 2.29. The molecule has 2 N–H and O–H groups in total. The highest BCUT2D eigenvalue weighted by molar-refractivity contribution is 7.85. The molecule has 0 fully saturated rings. The van der Waals surface area contributed by atoms with Crippen LogP contribution in [0.1, 0.15) is 14.5 Å². The molecule has 0 aliphatic rings. The summed E-state index contributed by atoms with van der Waals surface area (Å²) < 4.78 is 13.4. The number of carbonyl (C=O) groups is 1. The Morgan fingerprint density at radius 3 is 2.77 bits per heavy atom. The second kappa shape index (κ2) is 3.89. The van der Waals surface area contributed by atoms with Gasteiger partial charge in [0.05, 0.1) is 5.69 Å². The molecule has 0 aliphatic carbocycles. The summed E-state index contributed by atoms with van der Waals surface area (Å²) in [6.07, 6.45) is 1.46. The number of nitrogens with one attached hydrogen (secondary N) is 1. The topological polar surface area (TPSA) is 66.4 Å². The summed E-state index contributed by atoms with van der Waals surface area (Å²) in [5.74, 6) is -0.994. The smallest absolute Gasteiger partial charge is 0.348 e. The number of thiophene rings is 1. The third-order valence-electron chi connectivity index (χ3n) is 1.30. The minimum atomic E-state index is -1.24. The third kappa shape index (κ3) is 2.53. The SMILES string of the molecule is Cc1cc(NS(C)=O)c(C(=O)O)s1. The van der Waals surface area contributed by atoms with E-state index in [4.69, 9.17) is 5.11 Å². The normalized spacial score (nSPS) is 12.5. The Bertz CT molecular complexity index is 359. The van der Waals surface area contributed by atoms with Crippen molar-refractivity contribution in [3.63, 3.8) is 0 Å². The van der Waals surface area contributed by atoms with Gasteiger partial charge in [0.15, 0.2) is 0 Å². The van der Waals surface area contributed by atoms with E-state index in [0.29, 0.717) is 5.69 Å². The summed E-state index contributed by atoms with van der Waals surface area (Å²) in [4.78, 5) is 11.8. The standard InChI is InChI=1S/C7H9NO3S2/c1-4-3-5(8-13(2)11)6(12-4)7(9)10/h3,8H,1-2H3,(H,9,10). The first-order valence-electron chi connectivity index (χ1n) is 3.44. The van der Waals surface area contributed by atoms with Crippen LogP contribution in [0, 0.1) is 6.92 Å². The van der Waals surface area contributed by atoms with E-state index in [1.54, 1.807) is 13.0 Å². The van der Waals surface area contributed by atoms with Gasteiger partial charge in [0, 0.05) is 11.1 Å². The van der Waals surface area contributed by atoms with Crippen LogP contribution in [-0.2, 0) is 11.0 Å². The van der Waals surface area contributed by atoms with E-state index >= 15 is 0 Å². The first kappa shape index (κ1) is 10.2. The number of hydrogen-bond acceptors (Lipinski definition) is 3. The molecule has 1 aromatic rings. The molecular formula is C7H9NO3S2. The van der Waals surface area contributed by atoms with E-state index in [1.165, 1.54) is 17.6 Å². The molecule has 0 saturated heterocycles. The van der Waals surface area contributed by atoms with Gasteiger partial charge in [0.25, 0.3) is 0 Å². The van der Waals surface area contributed by atoms with Crippen molar-refractivity contribution in [1.29, 1.82) is 0 Å². The predicted octanol–water partition coefficient (Wildman–Crippen LogP) is 1.46. The van der Waals surface area contributed by atoms with Gasteiger partial charge in [-0.1, -0.05) is 0 Å². The zero-order valence-electron chi connectivity index (χ0n) is 7.16. The van der Waals surface area contributed by atoms with Crippen molar-refractivity contribution >= 4 is 34.0 Å². The molecule has 0 spiro atoms. The van der Waals surface area contributed by atoms with Crippen molar-refractivity contribution in [2.24, 2.45) is 0 Å². The van der Waals surface area contributed by atoms with E-state index in [-0.39, 0.29) is 4.88 Å². The Balaban J connectivity index is 3.04. The number of rotatable bonds is 3. The highest BCUT2D eigenvalue weighted by atomic mass is 32.2. The molecular weight excluding hydrogens is 210 g/mol. The number of carboxylic acid groups (broad SMARTS) is 1. The molecule has 0 aliphatic heterocycles. The largest absolute Gasteiger partial charge is 0.477 e. The Morgan fingerprint density at radius 1 is 1.69 bits per heavy atom. The lowest BCUT2D eigenvalue weighted by atomic mass is 10.4. The fraction of sp³-hybridized carbons (Fsp3) is 0.286. The highest BCUT2D eigenvalue weighted by Gasteiger charge is 2.13. The van der Waals surface area contributed by atoms with Gasteiger partial charge >= 0.3 is 5.97 Å². The Morgan fingerprint density at radius 2 is 2.31 bits per heavy atom. The fourth-order valence-corrected chi connectivity index (χ4v) is 2.25. The van der Waals surface area contributed by atoms with E-state index in [9.17, 15) is 9.00 Å². The molecule has 0 radical (unpaired) electrons. The minimum Gasteiger partial charge on any atom is -0.477 e. The van der Waals surface area contributed by atoms with Crippen molar-refractivity contribution in [2.75, 3.05) is 11.0 Å². The van der Waals surface area contributed by atoms with Gasteiger partial charge in [-0.05, 0) is 13.0 Å². The summed E-state index contributed by atoms with van der Waals surface area (Å²) in [6.45, 7) is 1.81. The molecule has 1 aromatic heterocycles. The van der Waals surface area contributed by atoms with Gasteiger partial charge in [0.1, 0.15) is 15.9 Å². The van der Waals surface area contributed by atoms with Gasteiger partial charge in [-0.15, -0.1) is 11.3 Å². The second-order valence-electron chi connectivity index (χ2n) is 2.46. The van der Waals surface area contributed by atoms with Crippen molar-refractivity contribution in [3.8, 4) is 0 Å². The number of aromatic carboxylic acids is 1. The Kier molecular flexibility index (Phi) is 3.05. The van der Waals surface area contributed by atoms with Crippen molar-refractivity contribution in [2.45, 2.75) is 6.92 Å². The quantitative estimate of drug-likeness (QED) is 0.808. The van der Waals surface area contributed by atoms with Crippen LogP contribution >= 0.6 is 11.3 Å². The Hall–Kier alpha value is -0.880. The number of carboxylic acids is 1. The van der Waals surface area contributed by atoms with Crippen molar-refractivity contribution < 1.29 is 14.1 Å². The van der Waals surface area contributed by atoms with E-state index in [2.05, 4.69) is 4.72 Å². The summed E-state index contributed by atoms with van der Waals surface area (Å²) in [6, 6.07) is 1.68. The molecule has 1 atom stereocenters. The summed E-state index contributed by atoms with van der Waals surface area (Å²) >= 11 is 1.17. The van der Waals surface area contributed by atoms with Crippen LogP contribution < -0.4 is 4.72 Å². The van der Waals surface area contributed by atoms with E-state index in [0.717, 1.165) is 4.88 Å². The molecule has 4 nitrogen and oxygen atoms in total. The van der Waals surface area contributed by atoms with Gasteiger partial charge in [0.2, 0.25) is 0 Å². The van der Waals surface area contributed by atoms with Crippen molar-refractivity contribution in [1.82, 2.24) is 0 Å². The van der Waals surface area contributed by atoms with Crippen LogP contribution in [0.2, 0.25) is 0 Å². The van der Waals surface area contributed by atoms with Gasteiger partial charge in [-0.3, -0.25) is 0 Å². The van der Waals surface area contributed by atoms with Crippen molar-refractivity contribution in [3.05, 3.63) is 15.8 Å². The molecule has 13 heavy (non-hydrogen) atoms. The Labute approximate surface area is 82.2 Å². The summed E-state index contributed by atoms with van der Waals surface area (Å²) in [5.41, 5.74) is 0.427. The zero-order valence-corrected chi connectivity index (χ0v) is 8.79. The summed E-state index contributed by atoms with van der Waals surface area (Å²) in [7, 11) is -1.24. The second-order valence-corrected chi connectivity index (χ2v) is 4.83. The summed E-state index contributed by atoms with van der Waals surface area (Å²) in [5, 5.41) is 8.76. The molecule has 72 valence electrons.